The lowest BCUT2D eigenvalue weighted by atomic mass is 9.62. The van der Waals surface area contributed by atoms with Crippen molar-refractivity contribution < 1.29 is 4.39 Å². The van der Waals surface area contributed by atoms with Crippen molar-refractivity contribution in [3.63, 3.8) is 0 Å². The van der Waals surface area contributed by atoms with Gasteiger partial charge in [-0.1, -0.05) is 61.9 Å². The first-order valence-electron chi connectivity index (χ1n) is 10.2. The minimum Gasteiger partial charge on any atom is -0.206 e. The molecule has 3 aromatic carbocycles. The highest BCUT2D eigenvalue weighted by Crippen LogP contribution is 2.54. The molecule has 5 rings (SSSR count). The van der Waals surface area contributed by atoms with Crippen LogP contribution in [0.5, 0.6) is 0 Å². The molecule has 0 bridgehead atoms. The SMILES string of the molecule is CC1(C)CCCC2=C1CC(c1ccc(F)c(Br)c1)c1c2ccc2ccccc12. The molecule has 0 N–H and O–H groups in total. The van der Waals surface area contributed by atoms with Gasteiger partial charge in [0.25, 0.3) is 0 Å². The molecule has 2 aliphatic carbocycles. The van der Waals surface area contributed by atoms with E-state index >= 15 is 0 Å². The van der Waals surface area contributed by atoms with Crippen molar-refractivity contribution in [3.05, 3.63) is 87.2 Å². The summed E-state index contributed by atoms with van der Waals surface area (Å²) in [5.41, 5.74) is 7.43. The molecule has 0 saturated heterocycles. The average molecular weight is 435 g/mol. The summed E-state index contributed by atoms with van der Waals surface area (Å²) in [6, 6.07) is 18.8. The van der Waals surface area contributed by atoms with Gasteiger partial charge in [-0.05, 0) is 92.2 Å². The molecule has 3 aromatic rings. The number of allylic oxidation sites excluding steroid dienone is 2. The Labute approximate surface area is 174 Å². The summed E-state index contributed by atoms with van der Waals surface area (Å²) in [5.74, 6) is 0.0599. The molecule has 28 heavy (non-hydrogen) atoms. The van der Waals surface area contributed by atoms with Crippen LogP contribution in [0.25, 0.3) is 16.3 Å². The van der Waals surface area contributed by atoms with E-state index in [2.05, 4.69) is 66.2 Å². The first kappa shape index (κ1) is 18.1. The quantitative estimate of drug-likeness (QED) is 0.361. The fraction of sp³-hybridized carbons (Fsp3) is 0.308. The first-order chi connectivity index (χ1) is 13.5. The van der Waals surface area contributed by atoms with Crippen LogP contribution in [0.1, 0.15) is 62.1 Å². The molecule has 0 saturated carbocycles. The van der Waals surface area contributed by atoms with Crippen molar-refractivity contribution in [3.8, 4) is 0 Å². The Balaban J connectivity index is 1.81. The molecule has 0 heterocycles. The number of halogens is 2. The maximum Gasteiger partial charge on any atom is 0.137 e. The minimum atomic E-state index is -0.199. The smallest absolute Gasteiger partial charge is 0.137 e. The number of rotatable bonds is 1. The summed E-state index contributed by atoms with van der Waals surface area (Å²) < 4.78 is 14.5. The first-order valence-corrected chi connectivity index (χ1v) is 10.9. The van der Waals surface area contributed by atoms with Crippen LogP contribution in [0.2, 0.25) is 0 Å². The summed E-state index contributed by atoms with van der Waals surface area (Å²) in [6.45, 7) is 4.79. The summed E-state index contributed by atoms with van der Waals surface area (Å²) >= 11 is 3.41. The van der Waals surface area contributed by atoms with Crippen molar-refractivity contribution in [1.82, 2.24) is 0 Å². The Bertz CT molecular complexity index is 1120. The second-order valence-electron chi connectivity index (χ2n) is 8.87. The van der Waals surface area contributed by atoms with Gasteiger partial charge in [0, 0.05) is 5.92 Å². The predicted molar refractivity (Wildman–Crippen MR) is 119 cm³/mol. The van der Waals surface area contributed by atoms with Crippen LogP contribution in [-0.2, 0) is 0 Å². The molecule has 2 aliphatic rings. The fourth-order valence-electron chi connectivity index (χ4n) is 5.37. The van der Waals surface area contributed by atoms with E-state index in [1.165, 1.54) is 46.7 Å². The predicted octanol–water partition coefficient (Wildman–Crippen LogP) is 8.24. The molecule has 1 atom stereocenters. The lowest BCUT2D eigenvalue weighted by molar-refractivity contribution is 0.362. The van der Waals surface area contributed by atoms with E-state index < -0.39 is 0 Å². The molecule has 0 spiro atoms. The lowest BCUT2D eigenvalue weighted by Crippen LogP contribution is -2.26. The van der Waals surface area contributed by atoms with Gasteiger partial charge in [0.05, 0.1) is 4.47 Å². The zero-order chi connectivity index (χ0) is 19.5. The number of fused-ring (bicyclic) bond motifs is 4. The summed E-state index contributed by atoms with van der Waals surface area (Å²) in [5, 5.41) is 2.62. The van der Waals surface area contributed by atoms with E-state index in [1.807, 2.05) is 12.1 Å². The van der Waals surface area contributed by atoms with Crippen molar-refractivity contribution in [2.75, 3.05) is 0 Å². The molecule has 0 fully saturated rings. The van der Waals surface area contributed by atoms with Gasteiger partial charge in [0.15, 0.2) is 0 Å². The van der Waals surface area contributed by atoms with Gasteiger partial charge >= 0.3 is 0 Å². The number of benzene rings is 3. The Morgan fingerprint density at radius 2 is 1.86 bits per heavy atom. The highest BCUT2D eigenvalue weighted by atomic mass is 79.9. The Morgan fingerprint density at radius 1 is 1.04 bits per heavy atom. The molecule has 0 nitrogen and oxygen atoms in total. The van der Waals surface area contributed by atoms with Gasteiger partial charge in [-0.2, -0.15) is 0 Å². The highest BCUT2D eigenvalue weighted by molar-refractivity contribution is 9.10. The van der Waals surface area contributed by atoms with Gasteiger partial charge < -0.3 is 0 Å². The Hall–Kier alpha value is -1.93. The Kier molecular flexibility index (Phi) is 4.24. The second-order valence-corrected chi connectivity index (χ2v) is 9.73. The maximum atomic E-state index is 14.0. The van der Waals surface area contributed by atoms with Crippen molar-refractivity contribution >= 4 is 32.3 Å². The molecule has 0 aromatic heterocycles. The maximum absolute atomic E-state index is 14.0. The van der Waals surface area contributed by atoms with Gasteiger partial charge in [-0.25, -0.2) is 4.39 Å². The van der Waals surface area contributed by atoms with Crippen LogP contribution in [0, 0.1) is 11.2 Å². The normalized spacial score (nSPS) is 20.8. The Morgan fingerprint density at radius 3 is 2.68 bits per heavy atom. The van der Waals surface area contributed by atoms with Crippen LogP contribution < -0.4 is 0 Å². The van der Waals surface area contributed by atoms with Crippen LogP contribution in [-0.4, -0.2) is 0 Å². The van der Waals surface area contributed by atoms with Crippen molar-refractivity contribution in [1.29, 1.82) is 0 Å². The summed E-state index contributed by atoms with van der Waals surface area (Å²) in [7, 11) is 0. The van der Waals surface area contributed by atoms with Crippen LogP contribution in [0.15, 0.2) is 64.6 Å². The summed E-state index contributed by atoms with van der Waals surface area (Å²) in [6.07, 6.45) is 4.70. The third-order valence-corrected chi connectivity index (χ3v) is 7.42. The average Bonchev–Trinajstić information content (AvgIpc) is 2.69. The zero-order valence-electron chi connectivity index (χ0n) is 16.4. The van der Waals surface area contributed by atoms with Crippen LogP contribution in [0.3, 0.4) is 0 Å². The van der Waals surface area contributed by atoms with E-state index in [4.69, 9.17) is 0 Å². The highest BCUT2D eigenvalue weighted by Gasteiger charge is 2.37. The van der Waals surface area contributed by atoms with Crippen molar-refractivity contribution in [2.24, 2.45) is 5.41 Å². The van der Waals surface area contributed by atoms with Crippen molar-refractivity contribution in [2.45, 2.75) is 45.4 Å². The fourth-order valence-corrected chi connectivity index (χ4v) is 5.76. The monoisotopic (exact) mass is 434 g/mol. The minimum absolute atomic E-state index is 0.199. The zero-order valence-corrected chi connectivity index (χ0v) is 17.9. The van der Waals surface area contributed by atoms with E-state index in [9.17, 15) is 4.39 Å². The van der Waals surface area contributed by atoms with E-state index in [0.29, 0.717) is 4.47 Å². The molecule has 0 radical (unpaired) electrons. The van der Waals surface area contributed by atoms with E-state index in [-0.39, 0.29) is 17.2 Å². The van der Waals surface area contributed by atoms with Gasteiger partial charge in [-0.15, -0.1) is 0 Å². The molecule has 2 heteroatoms. The lowest BCUT2D eigenvalue weighted by Gasteiger charge is -2.42. The largest absolute Gasteiger partial charge is 0.206 e. The third kappa shape index (κ3) is 2.76. The second kappa shape index (κ2) is 6.56. The summed E-state index contributed by atoms with van der Waals surface area (Å²) in [4.78, 5) is 0. The molecular weight excluding hydrogens is 411 g/mol. The van der Waals surface area contributed by atoms with Crippen LogP contribution in [0.4, 0.5) is 4.39 Å². The van der Waals surface area contributed by atoms with Gasteiger partial charge in [0.2, 0.25) is 0 Å². The molecule has 1 unspecified atom stereocenters. The molecule has 142 valence electrons. The molecule has 0 aliphatic heterocycles. The van der Waals surface area contributed by atoms with E-state index in [0.717, 1.165) is 6.42 Å². The number of hydrogen-bond donors (Lipinski definition) is 0. The third-order valence-electron chi connectivity index (χ3n) is 6.81. The topological polar surface area (TPSA) is 0 Å². The molecular formula is C26H24BrF. The number of hydrogen-bond acceptors (Lipinski definition) is 0. The van der Waals surface area contributed by atoms with Gasteiger partial charge in [0.1, 0.15) is 5.82 Å². The van der Waals surface area contributed by atoms with E-state index in [1.54, 1.807) is 17.2 Å². The standard InChI is InChI=1S/C26H24BrF/c1-26(2)13-5-8-19-20-11-9-16-6-3-4-7-18(16)25(20)21(15-22(19)26)17-10-12-24(28)23(27)14-17/h3-4,6-7,9-12,14,21H,5,8,13,15H2,1-2H3. The van der Waals surface area contributed by atoms with Crippen LogP contribution >= 0.6 is 15.9 Å². The van der Waals surface area contributed by atoms with Gasteiger partial charge in [-0.3, -0.25) is 0 Å². The molecule has 0 amide bonds.